The fourth-order valence-electron chi connectivity index (χ4n) is 4.43. The van der Waals surface area contributed by atoms with Crippen LogP contribution in [-0.2, 0) is 17.8 Å². The Bertz CT molecular complexity index is 835. The second kappa shape index (κ2) is 10.8. The van der Waals surface area contributed by atoms with E-state index in [4.69, 9.17) is 0 Å². The van der Waals surface area contributed by atoms with E-state index in [1.54, 1.807) is 11.3 Å². The van der Waals surface area contributed by atoms with Gasteiger partial charge in [0.25, 0.3) is 0 Å². The molecule has 0 saturated carbocycles. The van der Waals surface area contributed by atoms with E-state index in [0.29, 0.717) is 13.1 Å². The van der Waals surface area contributed by atoms with E-state index in [9.17, 15) is 9.59 Å². The molecule has 1 atom stereocenters. The SMILES string of the molecule is O=C(NCc1cccs1)N1CCCC(C(=O)N2CCN(CCc3ccccc3)CC2)C1. The first kappa shape index (κ1) is 21.8. The molecule has 0 bridgehead atoms. The summed E-state index contributed by atoms with van der Waals surface area (Å²) in [6, 6.07) is 14.5. The third-order valence-electron chi connectivity index (χ3n) is 6.30. The average molecular weight is 441 g/mol. The zero-order valence-electron chi connectivity index (χ0n) is 18.0. The van der Waals surface area contributed by atoms with Gasteiger partial charge in [0.2, 0.25) is 5.91 Å². The number of benzene rings is 1. The van der Waals surface area contributed by atoms with E-state index in [2.05, 4.69) is 34.5 Å². The fourth-order valence-corrected chi connectivity index (χ4v) is 5.08. The molecule has 6 nitrogen and oxygen atoms in total. The summed E-state index contributed by atoms with van der Waals surface area (Å²) >= 11 is 1.64. The first-order valence-electron chi connectivity index (χ1n) is 11.3. The summed E-state index contributed by atoms with van der Waals surface area (Å²) in [6.07, 6.45) is 2.81. The summed E-state index contributed by atoms with van der Waals surface area (Å²) < 4.78 is 0. The Hall–Kier alpha value is -2.38. The van der Waals surface area contributed by atoms with Gasteiger partial charge in [-0.25, -0.2) is 4.79 Å². The number of piperazine rings is 1. The molecule has 31 heavy (non-hydrogen) atoms. The number of hydrogen-bond donors (Lipinski definition) is 1. The van der Waals surface area contributed by atoms with Crippen LogP contribution in [0, 0.1) is 5.92 Å². The highest BCUT2D eigenvalue weighted by atomic mass is 32.1. The maximum Gasteiger partial charge on any atom is 0.317 e. The van der Waals surface area contributed by atoms with Crippen LogP contribution in [0.25, 0.3) is 0 Å². The van der Waals surface area contributed by atoms with Gasteiger partial charge in [0, 0.05) is 50.7 Å². The fraction of sp³-hybridized carbons (Fsp3) is 0.500. The number of carbonyl (C=O) groups is 2. The van der Waals surface area contributed by atoms with E-state index < -0.39 is 0 Å². The number of amides is 3. The lowest BCUT2D eigenvalue weighted by Gasteiger charge is -2.39. The smallest absolute Gasteiger partial charge is 0.317 e. The number of nitrogens with one attached hydrogen (secondary N) is 1. The molecule has 2 saturated heterocycles. The van der Waals surface area contributed by atoms with Crippen LogP contribution in [0.1, 0.15) is 23.3 Å². The molecule has 1 N–H and O–H groups in total. The van der Waals surface area contributed by atoms with Gasteiger partial charge in [-0.3, -0.25) is 9.69 Å². The third-order valence-corrected chi connectivity index (χ3v) is 7.17. The van der Waals surface area contributed by atoms with Crippen molar-refractivity contribution < 1.29 is 9.59 Å². The van der Waals surface area contributed by atoms with Crippen molar-refractivity contribution in [1.29, 1.82) is 0 Å². The van der Waals surface area contributed by atoms with Crippen LogP contribution >= 0.6 is 11.3 Å². The van der Waals surface area contributed by atoms with Gasteiger partial charge in [-0.05, 0) is 36.3 Å². The molecule has 3 amide bonds. The topological polar surface area (TPSA) is 55.9 Å². The Morgan fingerprint density at radius 2 is 1.77 bits per heavy atom. The lowest BCUT2D eigenvalue weighted by molar-refractivity contribution is -0.138. The number of hydrogen-bond acceptors (Lipinski definition) is 4. The Balaban J connectivity index is 1.20. The quantitative estimate of drug-likeness (QED) is 0.751. The monoisotopic (exact) mass is 440 g/mol. The van der Waals surface area contributed by atoms with Crippen molar-refractivity contribution in [1.82, 2.24) is 20.0 Å². The Morgan fingerprint density at radius 3 is 2.52 bits per heavy atom. The summed E-state index contributed by atoms with van der Waals surface area (Å²) in [7, 11) is 0. The highest BCUT2D eigenvalue weighted by Gasteiger charge is 2.32. The molecule has 2 aliphatic heterocycles. The van der Waals surface area contributed by atoms with Crippen molar-refractivity contribution in [3.8, 4) is 0 Å². The molecular weight excluding hydrogens is 408 g/mol. The van der Waals surface area contributed by atoms with Crippen LogP contribution < -0.4 is 5.32 Å². The predicted octanol–water partition coefficient (Wildman–Crippen LogP) is 3.06. The highest BCUT2D eigenvalue weighted by Crippen LogP contribution is 2.20. The van der Waals surface area contributed by atoms with E-state index in [-0.39, 0.29) is 17.9 Å². The normalized spacial score (nSPS) is 19.9. The van der Waals surface area contributed by atoms with Crippen molar-refractivity contribution in [3.63, 3.8) is 0 Å². The van der Waals surface area contributed by atoms with Crippen LogP contribution in [-0.4, -0.2) is 72.5 Å². The number of piperidine rings is 1. The summed E-state index contributed by atoms with van der Waals surface area (Å²) in [5.74, 6) is 0.149. The molecule has 4 rings (SSSR count). The van der Waals surface area contributed by atoms with Gasteiger partial charge >= 0.3 is 6.03 Å². The molecule has 0 spiro atoms. The largest absolute Gasteiger partial charge is 0.340 e. The number of likely N-dealkylation sites (tertiary alicyclic amines) is 1. The highest BCUT2D eigenvalue weighted by molar-refractivity contribution is 7.09. The van der Waals surface area contributed by atoms with Gasteiger partial charge in [0.05, 0.1) is 12.5 Å². The second-order valence-corrected chi connectivity index (χ2v) is 9.46. The number of urea groups is 1. The maximum atomic E-state index is 13.1. The summed E-state index contributed by atoms with van der Waals surface area (Å²) in [4.78, 5) is 33.1. The van der Waals surface area contributed by atoms with Crippen molar-refractivity contribution in [2.45, 2.75) is 25.8 Å². The van der Waals surface area contributed by atoms with Crippen LogP contribution in [0.5, 0.6) is 0 Å². The van der Waals surface area contributed by atoms with E-state index in [0.717, 1.165) is 63.4 Å². The van der Waals surface area contributed by atoms with Gasteiger partial charge in [-0.1, -0.05) is 36.4 Å². The second-order valence-electron chi connectivity index (χ2n) is 8.43. The zero-order chi connectivity index (χ0) is 21.5. The molecule has 1 aromatic heterocycles. The first-order chi connectivity index (χ1) is 15.2. The summed E-state index contributed by atoms with van der Waals surface area (Å²) in [5.41, 5.74) is 1.36. The molecule has 2 aliphatic rings. The van der Waals surface area contributed by atoms with Gasteiger partial charge in [-0.15, -0.1) is 11.3 Å². The minimum Gasteiger partial charge on any atom is -0.340 e. The van der Waals surface area contributed by atoms with E-state index >= 15 is 0 Å². The van der Waals surface area contributed by atoms with Crippen molar-refractivity contribution in [2.75, 3.05) is 45.8 Å². The van der Waals surface area contributed by atoms with Crippen LogP contribution in [0.2, 0.25) is 0 Å². The van der Waals surface area contributed by atoms with Crippen LogP contribution in [0.15, 0.2) is 47.8 Å². The number of carbonyl (C=O) groups excluding carboxylic acids is 2. The molecule has 166 valence electrons. The average Bonchev–Trinajstić information content (AvgIpc) is 3.35. The zero-order valence-corrected chi connectivity index (χ0v) is 18.9. The Labute approximate surface area is 188 Å². The number of thiophene rings is 1. The van der Waals surface area contributed by atoms with E-state index in [1.165, 1.54) is 5.56 Å². The molecule has 1 unspecified atom stereocenters. The van der Waals surface area contributed by atoms with E-state index in [1.807, 2.05) is 33.4 Å². The summed E-state index contributed by atoms with van der Waals surface area (Å²) in [6.45, 7) is 6.27. The third kappa shape index (κ3) is 6.08. The Morgan fingerprint density at radius 1 is 0.968 bits per heavy atom. The van der Waals surface area contributed by atoms with Crippen molar-refractivity contribution in [2.24, 2.45) is 5.92 Å². The van der Waals surface area contributed by atoms with Gasteiger partial charge in [0.1, 0.15) is 0 Å². The lowest BCUT2D eigenvalue weighted by Crippen LogP contribution is -2.54. The van der Waals surface area contributed by atoms with Crippen molar-refractivity contribution in [3.05, 3.63) is 58.3 Å². The molecule has 7 heteroatoms. The lowest BCUT2D eigenvalue weighted by atomic mass is 9.96. The molecule has 1 aromatic carbocycles. The summed E-state index contributed by atoms with van der Waals surface area (Å²) in [5, 5.41) is 5.01. The van der Waals surface area contributed by atoms with Crippen LogP contribution in [0.4, 0.5) is 4.79 Å². The molecule has 0 radical (unpaired) electrons. The Kier molecular flexibility index (Phi) is 7.59. The number of nitrogens with zero attached hydrogens (tertiary/aromatic N) is 3. The van der Waals surface area contributed by atoms with Gasteiger partial charge < -0.3 is 15.1 Å². The van der Waals surface area contributed by atoms with Gasteiger partial charge in [0.15, 0.2) is 0 Å². The predicted molar refractivity (Wildman–Crippen MR) is 124 cm³/mol. The molecule has 3 heterocycles. The van der Waals surface area contributed by atoms with Gasteiger partial charge in [-0.2, -0.15) is 0 Å². The maximum absolute atomic E-state index is 13.1. The standard InChI is InChI=1S/C24H32N4O2S/c29-23(27-15-13-26(14-16-27)12-10-20-6-2-1-3-7-20)21-8-4-11-28(19-21)24(30)25-18-22-9-5-17-31-22/h1-3,5-7,9,17,21H,4,8,10-16,18-19H2,(H,25,30). The minimum absolute atomic E-state index is 0.0587. The molecular formula is C24H32N4O2S. The number of rotatable bonds is 6. The van der Waals surface area contributed by atoms with Crippen molar-refractivity contribution >= 4 is 23.3 Å². The molecule has 2 aromatic rings. The van der Waals surface area contributed by atoms with Crippen LogP contribution in [0.3, 0.4) is 0 Å². The minimum atomic E-state index is -0.0721. The molecule has 2 fully saturated rings. The first-order valence-corrected chi connectivity index (χ1v) is 12.2. The molecule has 0 aliphatic carbocycles.